The smallest absolute Gasteiger partial charge is 0.328 e. The molecule has 1 aliphatic rings. The quantitative estimate of drug-likeness (QED) is 0.754. The number of ether oxygens (including phenoxy) is 1. The van der Waals surface area contributed by atoms with Gasteiger partial charge in [-0.05, 0) is 18.2 Å². The second-order valence-electron chi connectivity index (χ2n) is 4.16. The number of carboxylic acid groups (broad SMARTS) is 1. The predicted molar refractivity (Wildman–Crippen MR) is 64.1 cm³/mol. The maximum Gasteiger partial charge on any atom is 0.328 e. The summed E-state index contributed by atoms with van der Waals surface area (Å²) in [4.78, 5) is 24.4. The summed E-state index contributed by atoms with van der Waals surface area (Å²) in [7, 11) is 0. The number of anilines is 1. The Bertz CT molecular complexity index is 520. The van der Waals surface area contributed by atoms with Gasteiger partial charge in [0.05, 0.1) is 18.9 Å². The van der Waals surface area contributed by atoms with Gasteiger partial charge in [0.1, 0.15) is 5.82 Å². The van der Waals surface area contributed by atoms with Crippen molar-refractivity contribution in [1.29, 1.82) is 0 Å². The summed E-state index contributed by atoms with van der Waals surface area (Å²) in [6, 6.07) is 2.60. The zero-order chi connectivity index (χ0) is 14.0. The third kappa shape index (κ3) is 2.65. The molecule has 1 aromatic rings. The maximum absolute atomic E-state index is 13.3. The van der Waals surface area contributed by atoms with Crippen molar-refractivity contribution in [2.24, 2.45) is 0 Å². The number of carbonyl (C=O) groups is 2. The average molecular weight is 268 g/mol. The van der Waals surface area contributed by atoms with Gasteiger partial charge in [0.15, 0.2) is 6.04 Å². The fourth-order valence-corrected chi connectivity index (χ4v) is 1.88. The zero-order valence-electron chi connectivity index (χ0n) is 10.0. The van der Waals surface area contributed by atoms with E-state index in [1.807, 2.05) is 0 Å². The van der Waals surface area contributed by atoms with E-state index in [2.05, 4.69) is 0 Å². The molecule has 1 amide bonds. The fraction of sp³-hybridized carbons (Fsp3) is 0.333. The number of carbonyl (C=O) groups excluding carboxylic acids is 1. The molecule has 0 spiro atoms. The Kier molecular flexibility index (Phi) is 3.66. The van der Waals surface area contributed by atoms with Crippen molar-refractivity contribution in [3.05, 3.63) is 29.6 Å². The van der Waals surface area contributed by atoms with Crippen LogP contribution >= 0.6 is 0 Å². The number of hydrogen-bond donors (Lipinski definition) is 2. The molecule has 6 nitrogen and oxygen atoms in total. The number of halogens is 1. The van der Waals surface area contributed by atoms with Gasteiger partial charge in [0, 0.05) is 12.1 Å². The molecule has 1 unspecified atom stereocenters. The Morgan fingerprint density at radius 2 is 2.21 bits per heavy atom. The first-order valence-corrected chi connectivity index (χ1v) is 5.67. The average Bonchev–Trinajstić information content (AvgIpc) is 2.41. The van der Waals surface area contributed by atoms with Gasteiger partial charge >= 0.3 is 5.97 Å². The Hall–Kier alpha value is -2.15. The standard InChI is InChI=1S/C12H13FN2O4/c13-8-5-7(1-2-9(8)14)11(16)15-3-4-19-6-10(15)12(17)18/h1-2,5,10H,3-4,6,14H2,(H,17,18). The minimum Gasteiger partial charge on any atom is -0.480 e. The van der Waals surface area contributed by atoms with Gasteiger partial charge in [-0.25, -0.2) is 9.18 Å². The number of amides is 1. The molecule has 1 aliphatic heterocycles. The first-order chi connectivity index (χ1) is 9.00. The van der Waals surface area contributed by atoms with Crippen LogP contribution in [0.2, 0.25) is 0 Å². The highest BCUT2D eigenvalue weighted by molar-refractivity contribution is 5.97. The van der Waals surface area contributed by atoms with Gasteiger partial charge in [-0.3, -0.25) is 4.79 Å². The largest absolute Gasteiger partial charge is 0.480 e. The lowest BCUT2D eigenvalue weighted by Crippen LogP contribution is -2.52. The molecule has 0 aliphatic carbocycles. The van der Waals surface area contributed by atoms with E-state index in [9.17, 15) is 14.0 Å². The number of nitrogens with two attached hydrogens (primary N) is 1. The van der Waals surface area contributed by atoms with Gasteiger partial charge in [0.25, 0.3) is 5.91 Å². The van der Waals surface area contributed by atoms with Gasteiger partial charge in [-0.1, -0.05) is 0 Å². The molecule has 1 heterocycles. The monoisotopic (exact) mass is 268 g/mol. The van der Waals surface area contributed by atoms with Gasteiger partial charge < -0.3 is 20.5 Å². The molecule has 19 heavy (non-hydrogen) atoms. The van der Waals surface area contributed by atoms with E-state index in [-0.39, 0.29) is 31.0 Å². The van der Waals surface area contributed by atoms with E-state index >= 15 is 0 Å². The van der Waals surface area contributed by atoms with Gasteiger partial charge in [-0.15, -0.1) is 0 Å². The summed E-state index contributed by atoms with van der Waals surface area (Å²) in [5.74, 6) is -2.40. The summed E-state index contributed by atoms with van der Waals surface area (Å²) in [6.45, 7) is 0.341. The van der Waals surface area contributed by atoms with Crippen LogP contribution < -0.4 is 5.73 Å². The van der Waals surface area contributed by atoms with Crippen molar-refractivity contribution >= 4 is 17.6 Å². The van der Waals surface area contributed by atoms with Crippen LogP contribution in [0, 0.1) is 5.82 Å². The first-order valence-electron chi connectivity index (χ1n) is 5.67. The van der Waals surface area contributed by atoms with Crippen LogP contribution in [0.15, 0.2) is 18.2 Å². The molecular weight excluding hydrogens is 255 g/mol. The van der Waals surface area contributed by atoms with Crippen molar-refractivity contribution < 1.29 is 23.8 Å². The predicted octanol–water partition coefficient (Wildman–Crippen LogP) is 0.333. The number of morpholine rings is 1. The topological polar surface area (TPSA) is 92.9 Å². The number of aliphatic carboxylic acids is 1. The van der Waals surface area contributed by atoms with Crippen LogP contribution in [0.5, 0.6) is 0 Å². The van der Waals surface area contributed by atoms with Gasteiger partial charge in [0.2, 0.25) is 0 Å². The van der Waals surface area contributed by atoms with E-state index in [4.69, 9.17) is 15.6 Å². The van der Waals surface area contributed by atoms with E-state index in [0.29, 0.717) is 0 Å². The lowest BCUT2D eigenvalue weighted by molar-refractivity contribution is -0.147. The van der Waals surface area contributed by atoms with Crippen LogP contribution in [0.3, 0.4) is 0 Å². The molecule has 1 saturated heterocycles. The van der Waals surface area contributed by atoms with Crippen molar-refractivity contribution in [2.75, 3.05) is 25.5 Å². The molecule has 3 N–H and O–H groups in total. The Labute approximate surface area is 108 Å². The van der Waals surface area contributed by atoms with Crippen LogP contribution in [0.1, 0.15) is 10.4 Å². The first kappa shape index (κ1) is 13.3. The minimum atomic E-state index is -1.15. The Balaban J connectivity index is 2.26. The fourth-order valence-electron chi connectivity index (χ4n) is 1.88. The Morgan fingerprint density at radius 1 is 1.47 bits per heavy atom. The summed E-state index contributed by atoms with van der Waals surface area (Å²) in [5.41, 5.74) is 5.34. The van der Waals surface area contributed by atoms with Crippen LogP contribution in [-0.2, 0) is 9.53 Å². The second-order valence-corrected chi connectivity index (χ2v) is 4.16. The van der Waals surface area contributed by atoms with Crippen LogP contribution in [0.25, 0.3) is 0 Å². The number of benzene rings is 1. The van der Waals surface area contributed by atoms with Crippen molar-refractivity contribution in [1.82, 2.24) is 4.90 Å². The molecule has 1 fully saturated rings. The summed E-state index contributed by atoms with van der Waals surface area (Å²) in [5, 5.41) is 9.04. The molecule has 0 saturated carbocycles. The van der Waals surface area contributed by atoms with Gasteiger partial charge in [-0.2, -0.15) is 0 Å². The Morgan fingerprint density at radius 3 is 2.84 bits per heavy atom. The van der Waals surface area contributed by atoms with Crippen molar-refractivity contribution in [3.8, 4) is 0 Å². The molecule has 2 rings (SSSR count). The summed E-state index contributed by atoms with van der Waals surface area (Å²) >= 11 is 0. The number of nitrogens with zero attached hydrogens (tertiary/aromatic N) is 1. The highest BCUT2D eigenvalue weighted by atomic mass is 19.1. The molecule has 0 radical (unpaired) electrons. The zero-order valence-corrected chi connectivity index (χ0v) is 10.0. The number of rotatable bonds is 2. The lowest BCUT2D eigenvalue weighted by Gasteiger charge is -2.32. The van der Waals surface area contributed by atoms with Crippen molar-refractivity contribution in [3.63, 3.8) is 0 Å². The molecule has 1 atom stereocenters. The van der Waals surface area contributed by atoms with Crippen molar-refractivity contribution in [2.45, 2.75) is 6.04 Å². The molecule has 0 bridgehead atoms. The SMILES string of the molecule is Nc1ccc(C(=O)N2CCOCC2C(=O)O)cc1F. The summed E-state index contributed by atoms with van der Waals surface area (Å²) in [6.07, 6.45) is 0. The van der Waals surface area contributed by atoms with E-state index < -0.39 is 23.7 Å². The highest BCUT2D eigenvalue weighted by Gasteiger charge is 2.33. The number of hydrogen-bond acceptors (Lipinski definition) is 4. The van der Waals surface area contributed by atoms with Crippen LogP contribution in [-0.4, -0.2) is 47.7 Å². The number of nitrogen functional groups attached to an aromatic ring is 1. The molecule has 0 aromatic heterocycles. The molecule has 102 valence electrons. The second kappa shape index (κ2) is 5.23. The summed E-state index contributed by atoms with van der Waals surface area (Å²) < 4.78 is 18.4. The number of carboxylic acids is 1. The maximum atomic E-state index is 13.3. The third-order valence-corrected chi connectivity index (χ3v) is 2.92. The van der Waals surface area contributed by atoms with Crippen LogP contribution in [0.4, 0.5) is 10.1 Å². The third-order valence-electron chi connectivity index (χ3n) is 2.92. The van der Waals surface area contributed by atoms with E-state index in [1.165, 1.54) is 12.1 Å². The lowest BCUT2D eigenvalue weighted by atomic mass is 10.1. The molecule has 7 heteroatoms. The molecule has 1 aromatic carbocycles. The van der Waals surface area contributed by atoms with E-state index in [1.54, 1.807) is 0 Å². The minimum absolute atomic E-state index is 0.0617. The molecular formula is C12H13FN2O4. The van der Waals surface area contributed by atoms with E-state index in [0.717, 1.165) is 11.0 Å². The highest BCUT2D eigenvalue weighted by Crippen LogP contribution is 2.17. The normalized spacial score (nSPS) is 19.2.